The Labute approximate surface area is 176 Å². The first kappa shape index (κ1) is 21.5. The quantitative estimate of drug-likeness (QED) is 0.711. The number of Topliss-reactive ketones (excluding diaryl/α,β-unsaturated/α-hetero) is 1. The molecule has 0 saturated carbocycles. The second-order valence-corrected chi connectivity index (χ2v) is 7.09. The molecule has 2 aromatic rings. The average molecular weight is 409 g/mol. The van der Waals surface area contributed by atoms with Gasteiger partial charge in [-0.25, -0.2) is 4.79 Å². The van der Waals surface area contributed by atoms with Gasteiger partial charge in [0, 0.05) is 43.9 Å². The van der Waals surface area contributed by atoms with Crippen molar-refractivity contribution in [2.24, 2.45) is 0 Å². The fraction of sp³-hybridized carbons (Fsp3) is 0.348. The Morgan fingerprint density at radius 2 is 1.60 bits per heavy atom. The van der Waals surface area contributed by atoms with Crippen molar-refractivity contribution in [1.29, 1.82) is 0 Å². The monoisotopic (exact) mass is 409 g/mol. The highest BCUT2D eigenvalue weighted by molar-refractivity contribution is 6.02. The van der Waals surface area contributed by atoms with Crippen molar-refractivity contribution in [3.63, 3.8) is 0 Å². The summed E-state index contributed by atoms with van der Waals surface area (Å²) in [7, 11) is 0. The number of nitrogens with one attached hydrogen (secondary N) is 1. The summed E-state index contributed by atoms with van der Waals surface area (Å²) in [6, 6.07) is 16.3. The van der Waals surface area contributed by atoms with Crippen LogP contribution in [0.3, 0.4) is 0 Å². The number of rotatable bonds is 7. The number of piperazine rings is 1. The van der Waals surface area contributed by atoms with E-state index in [9.17, 15) is 14.4 Å². The summed E-state index contributed by atoms with van der Waals surface area (Å²) < 4.78 is 5.05. The molecule has 158 valence electrons. The number of ether oxygens (including phenoxy) is 1. The van der Waals surface area contributed by atoms with Crippen LogP contribution in [0.15, 0.2) is 54.6 Å². The van der Waals surface area contributed by atoms with E-state index in [2.05, 4.69) is 10.2 Å². The van der Waals surface area contributed by atoms with E-state index in [-0.39, 0.29) is 24.3 Å². The fourth-order valence-electron chi connectivity index (χ4n) is 3.41. The van der Waals surface area contributed by atoms with Crippen molar-refractivity contribution in [3.8, 4) is 0 Å². The zero-order valence-electron chi connectivity index (χ0n) is 17.2. The van der Waals surface area contributed by atoms with E-state index in [0.717, 1.165) is 5.56 Å². The highest BCUT2D eigenvalue weighted by Crippen LogP contribution is 2.14. The van der Waals surface area contributed by atoms with Crippen molar-refractivity contribution in [3.05, 3.63) is 71.3 Å². The number of carbonyl (C=O) groups is 3. The summed E-state index contributed by atoms with van der Waals surface area (Å²) >= 11 is 0. The molecule has 7 nitrogen and oxygen atoms in total. The molecule has 1 aliphatic heterocycles. The smallest absolute Gasteiger partial charge is 0.409 e. The SMILES string of the molecule is CCOC(=O)N1CCN(Cc2ccccc2C(=O)NCC(=O)c2ccccc2)CC1. The average Bonchev–Trinajstić information content (AvgIpc) is 2.79. The van der Waals surface area contributed by atoms with E-state index >= 15 is 0 Å². The minimum atomic E-state index is -0.278. The lowest BCUT2D eigenvalue weighted by Gasteiger charge is -2.34. The molecule has 0 spiro atoms. The lowest BCUT2D eigenvalue weighted by Crippen LogP contribution is -2.48. The number of hydrogen-bond acceptors (Lipinski definition) is 5. The molecular weight excluding hydrogens is 382 g/mol. The predicted molar refractivity (Wildman–Crippen MR) is 113 cm³/mol. The van der Waals surface area contributed by atoms with Gasteiger partial charge in [0.25, 0.3) is 5.91 Å². The number of nitrogens with zero attached hydrogens (tertiary/aromatic N) is 2. The van der Waals surface area contributed by atoms with Crippen molar-refractivity contribution >= 4 is 17.8 Å². The Kier molecular flexibility index (Phi) is 7.57. The summed E-state index contributed by atoms with van der Waals surface area (Å²) in [4.78, 5) is 40.7. The summed E-state index contributed by atoms with van der Waals surface area (Å²) in [5, 5.41) is 2.73. The third-order valence-corrected chi connectivity index (χ3v) is 5.06. The van der Waals surface area contributed by atoms with Crippen LogP contribution in [0.4, 0.5) is 4.79 Å². The van der Waals surface area contributed by atoms with Crippen molar-refractivity contribution in [1.82, 2.24) is 15.1 Å². The van der Waals surface area contributed by atoms with E-state index in [0.29, 0.717) is 50.5 Å². The van der Waals surface area contributed by atoms with E-state index in [4.69, 9.17) is 4.74 Å². The van der Waals surface area contributed by atoms with Crippen LogP contribution in [0.1, 0.15) is 33.2 Å². The van der Waals surface area contributed by atoms with Crippen LogP contribution in [0.5, 0.6) is 0 Å². The Hall–Kier alpha value is -3.19. The van der Waals surface area contributed by atoms with Gasteiger partial charge in [-0.1, -0.05) is 48.5 Å². The summed E-state index contributed by atoms with van der Waals surface area (Å²) in [6.07, 6.45) is -0.278. The normalized spacial score (nSPS) is 14.2. The topological polar surface area (TPSA) is 79.0 Å². The first-order valence-electron chi connectivity index (χ1n) is 10.2. The zero-order chi connectivity index (χ0) is 21.3. The fourth-order valence-corrected chi connectivity index (χ4v) is 3.41. The predicted octanol–water partition coefficient (Wildman–Crippen LogP) is 2.57. The van der Waals surface area contributed by atoms with Crippen LogP contribution >= 0.6 is 0 Å². The lowest BCUT2D eigenvalue weighted by atomic mass is 10.1. The molecule has 1 fully saturated rings. The Morgan fingerprint density at radius 1 is 0.933 bits per heavy atom. The van der Waals surface area contributed by atoms with Gasteiger partial charge < -0.3 is 15.0 Å². The molecule has 30 heavy (non-hydrogen) atoms. The van der Waals surface area contributed by atoms with Crippen LogP contribution in [0.25, 0.3) is 0 Å². The molecule has 1 heterocycles. The highest BCUT2D eigenvalue weighted by Gasteiger charge is 2.23. The second-order valence-electron chi connectivity index (χ2n) is 7.09. The standard InChI is InChI=1S/C23H27N3O4/c1-2-30-23(29)26-14-12-25(13-15-26)17-19-10-6-7-11-20(19)22(28)24-16-21(27)18-8-4-3-5-9-18/h3-11H,2,12-17H2,1H3,(H,24,28). The maximum atomic E-state index is 12.7. The Balaban J connectivity index is 1.56. The second kappa shape index (κ2) is 10.5. The summed E-state index contributed by atoms with van der Waals surface area (Å²) in [6.45, 7) is 5.33. The van der Waals surface area contributed by atoms with Gasteiger partial charge in [-0.3, -0.25) is 14.5 Å². The molecule has 0 radical (unpaired) electrons. The van der Waals surface area contributed by atoms with Crippen molar-refractivity contribution in [2.75, 3.05) is 39.3 Å². The first-order valence-corrected chi connectivity index (χ1v) is 10.2. The van der Waals surface area contributed by atoms with E-state index in [1.807, 2.05) is 24.3 Å². The van der Waals surface area contributed by atoms with Crippen LogP contribution in [-0.4, -0.2) is 66.9 Å². The van der Waals surface area contributed by atoms with E-state index in [1.54, 1.807) is 42.2 Å². The van der Waals surface area contributed by atoms with Gasteiger partial charge in [0.1, 0.15) is 0 Å². The van der Waals surface area contributed by atoms with Gasteiger partial charge in [-0.05, 0) is 18.6 Å². The van der Waals surface area contributed by atoms with Gasteiger partial charge in [0.2, 0.25) is 0 Å². The van der Waals surface area contributed by atoms with Gasteiger partial charge in [-0.2, -0.15) is 0 Å². The molecule has 0 unspecified atom stereocenters. The maximum absolute atomic E-state index is 12.7. The molecule has 0 atom stereocenters. The summed E-state index contributed by atoms with van der Waals surface area (Å²) in [5.74, 6) is -0.392. The van der Waals surface area contributed by atoms with Crippen molar-refractivity contribution in [2.45, 2.75) is 13.5 Å². The minimum Gasteiger partial charge on any atom is -0.450 e. The maximum Gasteiger partial charge on any atom is 0.409 e. The molecule has 2 amide bonds. The van der Waals surface area contributed by atoms with Gasteiger partial charge >= 0.3 is 6.09 Å². The van der Waals surface area contributed by atoms with Crippen LogP contribution in [0, 0.1) is 0 Å². The third-order valence-electron chi connectivity index (χ3n) is 5.06. The largest absolute Gasteiger partial charge is 0.450 e. The molecule has 2 aromatic carbocycles. The molecule has 1 aliphatic rings. The Bertz CT molecular complexity index is 877. The Morgan fingerprint density at radius 3 is 2.30 bits per heavy atom. The molecule has 0 aliphatic carbocycles. The van der Waals surface area contributed by atoms with Crippen LogP contribution in [0.2, 0.25) is 0 Å². The molecule has 0 bridgehead atoms. The van der Waals surface area contributed by atoms with Crippen LogP contribution < -0.4 is 5.32 Å². The number of ketones is 1. The number of benzene rings is 2. The van der Waals surface area contributed by atoms with Gasteiger partial charge in [0.15, 0.2) is 5.78 Å². The number of carbonyl (C=O) groups excluding carboxylic acids is 3. The number of hydrogen-bond donors (Lipinski definition) is 1. The molecule has 7 heteroatoms. The van der Waals surface area contributed by atoms with Gasteiger partial charge in [-0.15, -0.1) is 0 Å². The van der Waals surface area contributed by atoms with E-state index < -0.39 is 0 Å². The molecule has 0 aromatic heterocycles. The zero-order valence-corrected chi connectivity index (χ0v) is 17.2. The third kappa shape index (κ3) is 5.67. The molecule has 1 saturated heterocycles. The molecule has 1 N–H and O–H groups in total. The lowest BCUT2D eigenvalue weighted by molar-refractivity contribution is 0.0776. The molecular formula is C23H27N3O4. The van der Waals surface area contributed by atoms with Gasteiger partial charge in [0.05, 0.1) is 13.2 Å². The minimum absolute atomic E-state index is 0.0462. The van der Waals surface area contributed by atoms with Crippen LogP contribution in [-0.2, 0) is 11.3 Å². The first-order chi connectivity index (χ1) is 14.6. The number of amides is 2. The summed E-state index contributed by atoms with van der Waals surface area (Å²) in [5.41, 5.74) is 2.03. The van der Waals surface area contributed by atoms with E-state index in [1.165, 1.54) is 0 Å². The van der Waals surface area contributed by atoms with Crippen molar-refractivity contribution < 1.29 is 19.1 Å². The molecule has 3 rings (SSSR count). The highest BCUT2D eigenvalue weighted by atomic mass is 16.6.